The van der Waals surface area contributed by atoms with Crippen molar-refractivity contribution in [2.24, 2.45) is 15.9 Å². The molecular weight excluding hydrogens is 528 g/mol. The number of esters is 1. The van der Waals surface area contributed by atoms with E-state index in [1.54, 1.807) is 12.1 Å². The van der Waals surface area contributed by atoms with Crippen LogP contribution in [0.1, 0.15) is 48.7 Å². The van der Waals surface area contributed by atoms with E-state index in [2.05, 4.69) is 9.89 Å². The number of benzene rings is 2. The Morgan fingerprint density at radius 1 is 0.951 bits per heavy atom. The SMILES string of the molecule is O=C(OCCCc1ccccc1)C1C(COCCN2CCCCC2)=NC(c2ccco2)N=C1c1ccc(F)c(F)c1. The Labute approximate surface area is 238 Å². The van der Waals surface area contributed by atoms with Crippen LogP contribution in [0.5, 0.6) is 0 Å². The van der Waals surface area contributed by atoms with Crippen molar-refractivity contribution in [2.45, 2.75) is 38.3 Å². The molecule has 0 amide bonds. The number of furan rings is 1. The molecule has 9 heteroatoms. The van der Waals surface area contributed by atoms with Crippen molar-refractivity contribution in [3.8, 4) is 0 Å². The zero-order chi connectivity index (χ0) is 28.4. The van der Waals surface area contributed by atoms with Crippen molar-refractivity contribution in [3.63, 3.8) is 0 Å². The maximum atomic E-state index is 14.3. The molecule has 2 aromatic carbocycles. The highest BCUT2D eigenvalue weighted by Gasteiger charge is 2.37. The fourth-order valence-electron chi connectivity index (χ4n) is 5.19. The van der Waals surface area contributed by atoms with E-state index in [9.17, 15) is 13.6 Å². The second-order valence-corrected chi connectivity index (χ2v) is 10.3. The fourth-order valence-corrected chi connectivity index (χ4v) is 5.19. The number of hydrogen-bond donors (Lipinski definition) is 0. The number of carbonyl (C=O) groups is 1. The molecule has 7 nitrogen and oxygen atoms in total. The first-order chi connectivity index (χ1) is 20.1. The van der Waals surface area contributed by atoms with Crippen LogP contribution in [-0.2, 0) is 20.7 Å². The van der Waals surface area contributed by atoms with Crippen LogP contribution in [0.3, 0.4) is 0 Å². The Morgan fingerprint density at radius 3 is 2.54 bits per heavy atom. The monoisotopic (exact) mass is 563 g/mol. The highest BCUT2D eigenvalue weighted by atomic mass is 19.2. The molecule has 0 bridgehead atoms. The molecule has 0 radical (unpaired) electrons. The molecule has 41 heavy (non-hydrogen) atoms. The first-order valence-corrected chi connectivity index (χ1v) is 14.2. The van der Waals surface area contributed by atoms with Crippen LogP contribution in [0.2, 0.25) is 0 Å². The molecule has 1 aromatic heterocycles. The van der Waals surface area contributed by atoms with E-state index in [4.69, 9.17) is 18.9 Å². The second-order valence-electron chi connectivity index (χ2n) is 10.3. The van der Waals surface area contributed by atoms with Gasteiger partial charge in [-0.1, -0.05) is 42.8 Å². The van der Waals surface area contributed by atoms with E-state index in [1.165, 1.54) is 31.6 Å². The lowest BCUT2D eigenvalue weighted by molar-refractivity contribution is -0.144. The molecule has 1 fully saturated rings. The van der Waals surface area contributed by atoms with Crippen molar-refractivity contribution >= 4 is 17.4 Å². The van der Waals surface area contributed by atoms with Gasteiger partial charge in [-0.05, 0) is 74.2 Å². The summed E-state index contributed by atoms with van der Waals surface area (Å²) in [6.07, 6.45) is 5.73. The van der Waals surface area contributed by atoms with E-state index >= 15 is 0 Å². The predicted octanol–water partition coefficient (Wildman–Crippen LogP) is 5.80. The van der Waals surface area contributed by atoms with Crippen LogP contribution in [0.25, 0.3) is 0 Å². The summed E-state index contributed by atoms with van der Waals surface area (Å²) in [6, 6.07) is 16.9. The molecule has 0 N–H and O–H groups in total. The largest absolute Gasteiger partial charge is 0.465 e. The summed E-state index contributed by atoms with van der Waals surface area (Å²) >= 11 is 0. The van der Waals surface area contributed by atoms with E-state index in [-0.39, 0.29) is 24.5 Å². The van der Waals surface area contributed by atoms with Crippen molar-refractivity contribution in [1.29, 1.82) is 0 Å². The summed E-state index contributed by atoms with van der Waals surface area (Å²) in [6.45, 7) is 3.62. The Morgan fingerprint density at radius 2 is 1.78 bits per heavy atom. The normalized spacial score (nSPS) is 19.5. The molecule has 2 aliphatic rings. The number of aliphatic imine (C=N–C) groups is 2. The lowest BCUT2D eigenvalue weighted by Crippen LogP contribution is -2.40. The molecule has 3 heterocycles. The van der Waals surface area contributed by atoms with Crippen LogP contribution >= 0.6 is 0 Å². The molecule has 216 valence electrons. The van der Waals surface area contributed by atoms with Gasteiger partial charge in [0.15, 0.2) is 17.8 Å². The van der Waals surface area contributed by atoms with Gasteiger partial charge in [0, 0.05) is 6.54 Å². The van der Waals surface area contributed by atoms with Gasteiger partial charge >= 0.3 is 5.97 Å². The zero-order valence-electron chi connectivity index (χ0n) is 23.0. The quantitative estimate of drug-likeness (QED) is 0.206. The summed E-state index contributed by atoms with van der Waals surface area (Å²) in [5, 5.41) is 0. The van der Waals surface area contributed by atoms with E-state index < -0.39 is 29.7 Å². The minimum absolute atomic E-state index is 0.0670. The molecule has 2 unspecified atom stereocenters. The highest BCUT2D eigenvalue weighted by molar-refractivity contribution is 6.27. The first-order valence-electron chi connectivity index (χ1n) is 14.2. The second kappa shape index (κ2) is 14.3. The Balaban J connectivity index is 1.35. The third kappa shape index (κ3) is 7.74. The number of piperidine rings is 1. The molecule has 1 saturated heterocycles. The van der Waals surface area contributed by atoms with Crippen LogP contribution in [-0.4, -0.2) is 61.7 Å². The summed E-state index contributed by atoms with van der Waals surface area (Å²) in [5.41, 5.74) is 2.07. The molecule has 0 spiro atoms. The maximum Gasteiger partial charge on any atom is 0.320 e. The molecule has 0 saturated carbocycles. The number of halogens is 2. The minimum Gasteiger partial charge on any atom is -0.465 e. The zero-order valence-corrected chi connectivity index (χ0v) is 23.0. The average Bonchev–Trinajstić information content (AvgIpc) is 3.55. The third-order valence-electron chi connectivity index (χ3n) is 7.35. The van der Waals surface area contributed by atoms with E-state index in [0.29, 0.717) is 24.5 Å². The van der Waals surface area contributed by atoms with Crippen molar-refractivity contribution in [2.75, 3.05) is 39.5 Å². The Hall–Kier alpha value is -3.69. The standard InChI is InChI=1S/C32H35F2N3O4/c33-25-14-13-24(21-26(25)34)30-29(32(38)41-19-7-11-23-9-3-1-4-10-23)27(35-31(36-30)28-12-8-18-40-28)22-39-20-17-37-15-5-2-6-16-37/h1,3-4,8-10,12-14,18,21,29,31H,2,5-7,11,15-17,19-20,22H2. The van der Waals surface area contributed by atoms with Crippen LogP contribution < -0.4 is 0 Å². The summed E-state index contributed by atoms with van der Waals surface area (Å²) in [7, 11) is 0. The molecular formula is C32H35F2N3O4. The lowest BCUT2D eigenvalue weighted by Gasteiger charge is -2.28. The minimum atomic E-state index is -1.03. The molecule has 5 rings (SSSR count). The third-order valence-corrected chi connectivity index (χ3v) is 7.35. The molecule has 2 aliphatic heterocycles. The van der Waals surface area contributed by atoms with Crippen molar-refractivity contribution in [1.82, 2.24) is 4.90 Å². The predicted molar refractivity (Wildman–Crippen MR) is 152 cm³/mol. The van der Waals surface area contributed by atoms with Crippen molar-refractivity contribution < 1.29 is 27.5 Å². The Kier molecular flexibility index (Phi) is 10.0. The van der Waals surface area contributed by atoms with Crippen LogP contribution in [0.15, 0.2) is 81.3 Å². The first kappa shape index (κ1) is 28.8. The highest BCUT2D eigenvalue weighted by Crippen LogP contribution is 2.30. The number of ether oxygens (including phenoxy) is 2. The topological polar surface area (TPSA) is 76.6 Å². The fraction of sp³-hybridized carbons (Fsp3) is 0.406. The summed E-state index contributed by atoms with van der Waals surface area (Å²) in [5.74, 6) is -3.14. The van der Waals surface area contributed by atoms with E-state index in [0.717, 1.165) is 43.8 Å². The summed E-state index contributed by atoms with van der Waals surface area (Å²) in [4.78, 5) is 25.4. The van der Waals surface area contributed by atoms with Gasteiger partial charge in [-0.25, -0.2) is 8.78 Å². The van der Waals surface area contributed by atoms with Gasteiger partial charge in [0.1, 0.15) is 11.7 Å². The Bertz CT molecular complexity index is 1340. The van der Waals surface area contributed by atoms with Gasteiger partial charge in [-0.3, -0.25) is 14.8 Å². The number of hydrogen-bond acceptors (Lipinski definition) is 7. The van der Waals surface area contributed by atoms with Crippen LogP contribution in [0, 0.1) is 17.6 Å². The van der Waals surface area contributed by atoms with Gasteiger partial charge in [0.05, 0.1) is 37.5 Å². The molecule has 0 aliphatic carbocycles. The average molecular weight is 564 g/mol. The number of nitrogens with zero attached hydrogens (tertiary/aromatic N) is 3. The number of carbonyl (C=O) groups excluding carboxylic acids is 1. The van der Waals surface area contributed by atoms with Gasteiger partial charge in [-0.2, -0.15) is 0 Å². The molecule has 3 aromatic rings. The smallest absolute Gasteiger partial charge is 0.320 e. The van der Waals surface area contributed by atoms with Crippen LogP contribution in [0.4, 0.5) is 8.78 Å². The number of rotatable bonds is 12. The number of aryl methyl sites for hydroxylation is 1. The number of likely N-dealkylation sites (tertiary alicyclic amines) is 1. The maximum absolute atomic E-state index is 14.3. The van der Waals surface area contributed by atoms with Gasteiger partial charge in [0.25, 0.3) is 0 Å². The van der Waals surface area contributed by atoms with Gasteiger partial charge in [0.2, 0.25) is 0 Å². The van der Waals surface area contributed by atoms with Gasteiger partial charge < -0.3 is 18.8 Å². The lowest BCUT2D eigenvalue weighted by atomic mass is 9.90. The molecule has 2 atom stereocenters. The van der Waals surface area contributed by atoms with Crippen molar-refractivity contribution in [3.05, 3.63) is 95.4 Å². The van der Waals surface area contributed by atoms with Gasteiger partial charge in [-0.15, -0.1) is 0 Å². The summed E-state index contributed by atoms with van der Waals surface area (Å²) < 4.78 is 45.5. The van der Waals surface area contributed by atoms with E-state index in [1.807, 2.05) is 30.3 Å².